The molecule has 23 heteroatoms. The van der Waals surface area contributed by atoms with Gasteiger partial charge in [0.25, 0.3) is 0 Å². The third kappa shape index (κ3) is 17.1. The van der Waals surface area contributed by atoms with E-state index in [9.17, 15) is 48.6 Å². The van der Waals surface area contributed by atoms with E-state index in [2.05, 4.69) is 46.9 Å². The summed E-state index contributed by atoms with van der Waals surface area (Å²) in [6.07, 6.45) is 4.23. The van der Waals surface area contributed by atoms with E-state index in [-0.39, 0.29) is 63.4 Å². The van der Waals surface area contributed by atoms with Crippen LogP contribution in [0.3, 0.4) is 0 Å². The van der Waals surface area contributed by atoms with Gasteiger partial charge in [0, 0.05) is 51.3 Å². The number of likely N-dealkylation sites (tertiary alicyclic amines) is 1. The van der Waals surface area contributed by atoms with E-state index in [0.717, 1.165) is 4.90 Å². The molecule has 8 atom stereocenters. The van der Waals surface area contributed by atoms with E-state index in [4.69, 9.17) is 11.5 Å². The molecule has 71 heavy (non-hydrogen) atoms. The Morgan fingerprint density at radius 2 is 1.51 bits per heavy atom. The van der Waals surface area contributed by atoms with E-state index in [1.54, 1.807) is 63.4 Å². The van der Waals surface area contributed by atoms with Gasteiger partial charge in [-0.3, -0.25) is 38.6 Å². The number of H-pyrrole nitrogens is 1. The van der Waals surface area contributed by atoms with Crippen LogP contribution < -0.4 is 43.4 Å². The number of nitrogens with zero attached hydrogens (tertiary/aromatic N) is 4. The van der Waals surface area contributed by atoms with Crippen LogP contribution in [0.4, 0.5) is 0 Å². The Balaban J connectivity index is 1.56. The van der Waals surface area contributed by atoms with Crippen molar-refractivity contribution in [3.8, 4) is 5.75 Å². The number of aliphatic imine (C=N–C) groups is 1. The van der Waals surface area contributed by atoms with Crippen LogP contribution in [0, 0.1) is 5.92 Å². The largest absolute Gasteiger partial charge is 0.508 e. The van der Waals surface area contributed by atoms with Gasteiger partial charge < -0.3 is 68.4 Å². The third-order valence-electron chi connectivity index (χ3n) is 12.4. The Bertz CT molecular complexity index is 2290. The Hall–Kier alpha value is -7.56. The number of imidazole rings is 1. The van der Waals surface area contributed by atoms with E-state index >= 15 is 0 Å². The van der Waals surface area contributed by atoms with Crippen molar-refractivity contribution >= 4 is 53.3 Å². The number of nitrogens with two attached hydrogens (primary N) is 2. The average Bonchev–Trinajstić information content (AvgIpc) is 4.06. The monoisotopic (exact) mass is 988 g/mol. The first kappa shape index (κ1) is 56.0. The number of hydrogen-bond acceptors (Lipinski definition) is 12. The molecule has 1 aliphatic rings. The minimum Gasteiger partial charge on any atom is -0.508 e. The van der Waals surface area contributed by atoms with Gasteiger partial charge in [-0.25, -0.2) is 9.78 Å². The molecule has 2 aromatic carbocycles. The number of hydrogen-bond donors (Lipinski definition) is 11. The number of likely N-dealkylation sites (N-methyl/N-ethyl adjacent to an activating group) is 2. The van der Waals surface area contributed by atoms with Crippen molar-refractivity contribution in [3.05, 3.63) is 83.9 Å². The van der Waals surface area contributed by atoms with Crippen LogP contribution in [0.1, 0.15) is 69.7 Å². The summed E-state index contributed by atoms with van der Waals surface area (Å²) in [6, 6.07) is 6.31. The molecule has 0 bridgehead atoms. The predicted octanol–water partition coefficient (Wildman–Crippen LogP) is -1.19. The molecule has 1 saturated heterocycles. The molecule has 13 N–H and O–H groups in total. The summed E-state index contributed by atoms with van der Waals surface area (Å²) in [5, 5.41) is 36.3. The maximum absolute atomic E-state index is 14.5. The maximum atomic E-state index is 14.5. The van der Waals surface area contributed by atoms with Crippen molar-refractivity contribution in [2.45, 2.75) is 114 Å². The van der Waals surface area contributed by atoms with E-state index < -0.39 is 95.5 Å². The van der Waals surface area contributed by atoms with E-state index in [0.29, 0.717) is 36.1 Å². The Labute approximate surface area is 412 Å². The molecule has 0 saturated carbocycles. The molecule has 4 rings (SSSR count). The predicted molar refractivity (Wildman–Crippen MR) is 262 cm³/mol. The van der Waals surface area contributed by atoms with Crippen LogP contribution in [-0.2, 0) is 57.6 Å². The van der Waals surface area contributed by atoms with E-state index in [1.165, 1.54) is 43.5 Å². The highest BCUT2D eigenvalue weighted by molar-refractivity contribution is 5.98. The van der Waals surface area contributed by atoms with Crippen LogP contribution >= 0.6 is 0 Å². The first-order chi connectivity index (χ1) is 33.8. The number of phenols is 1. The summed E-state index contributed by atoms with van der Waals surface area (Å²) < 4.78 is 0. The van der Waals surface area contributed by atoms with Crippen molar-refractivity contribution in [2.24, 2.45) is 22.4 Å². The molecule has 1 aliphatic heterocycles. The van der Waals surface area contributed by atoms with Crippen molar-refractivity contribution < 1.29 is 48.6 Å². The third-order valence-corrected chi connectivity index (χ3v) is 12.4. The number of aromatic hydroxyl groups is 1. The Morgan fingerprint density at radius 1 is 0.845 bits per heavy atom. The highest BCUT2D eigenvalue weighted by atomic mass is 16.4. The number of nitrogens with one attached hydrogen (secondary N) is 7. The molecule has 7 amide bonds. The summed E-state index contributed by atoms with van der Waals surface area (Å²) in [6.45, 7) is 5.24. The minimum absolute atomic E-state index is 0.0153. The molecule has 0 unspecified atom stereocenters. The number of carboxylic acid groups (broad SMARTS) is 1. The number of aromatic nitrogens is 2. The number of carbonyl (C=O) groups excluding carboxylic acids is 7. The second kappa shape index (κ2) is 27.6. The van der Waals surface area contributed by atoms with Crippen molar-refractivity contribution in [2.75, 3.05) is 33.7 Å². The lowest BCUT2D eigenvalue weighted by Crippen LogP contribution is -2.61. The molecule has 0 radical (unpaired) electrons. The number of aliphatic carboxylic acids is 1. The maximum Gasteiger partial charge on any atom is 0.326 e. The van der Waals surface area contributed by atoms with Gasteiger partial charge in [0.2, 0.25) is 41.4 Å². The fourth-order valence-electron chi connectivity index (χ4n) is 8.00. The molecule has 2 heterocycles. The zero-order valence-electron chi connectivity index (χ0n) is 40.9. The van der Waals surface area contributed by atoms with Gasteiger partial charge in [-0.1, -0.05) is 62.7 Å². The number of rotatable bonds is 27. The molecule has 1 fully saturated rings. The zero-order valence-corrected chi connectivity index (χ0v) is 40.9. The molecule has 0 spiro atoms. The summed E-state index contributed by atoms with van der Waals surface area (Å²) in [7, 11) is 2.95. The molecule has 1 aromatic heterocycles. The number of aromatic amines is 1. The minimum atomic E-state index is -1.34. The van der Waals surface area contributed by atoms with Crippen molar-refractivity contribution in [1.29, 1.82) is 0 Å². The van der Waals surface area contributed by atoms with Gasteiger partial charge in [-0.2, -0.15) is 0 Å². The number of phenolic OH excluding ortho intramolecular Hbond substituents is 1. The molecular weight excluding hydrogens is 919 g/mol. The molecule has 386 valence electrons. The number of amides is 7. The second-order valence-electron chi connectivity index (χ2n) is 17.6. The first-order valence-corrected chi connectivity index (χ1v) is 23.6. The smallest absolute Gasteiger partial charge is 0.326 e. The summed E-state index contributed by atoms with van der Waals surface area (Å²) in [4.78, 5) is 123. The number of carboxylic acids is 1. The van der Waals surface area contributed by atoms with Crippen LogP contribution in [-0.4, -0.2) is 159 Å². The van der Waals surface area contributed by atoms with Gasteiger partial charge in [-0.05, 0) is 68.8 Å². The average molecular weight is 988 g/mol. The van der Waals surface area contributed by atoms with Crippen LogP contribution in [0.15, 0.2) is 72.1 Å². The molecule has 0 aliphatic carbocycles. The van der Waals surface area contributed by atoms with E-state index in [1.807, 2.05) is 0 Å². The van der Waals surface area contributed by atoms with Crippen LogP contribution in [0.25, 0.3) is 0 Å². The molecule has 3 aromatic rings. The topological polar surface area (TPSA) is 349 Å². The first-order valence-electron chi connectivity index (χ1n) is 23.6. The normalized spacial score (nSPS) is 16.1. The van der Waals surface area contributed by atoms with Gasteiger partial charge in [0.15, 0.2) is 5.96 Å². The number of carbonyl (C=O) groups is 8. The van der Waals surface area contributed by atoms with Crippen LogP contribution in [0.2, 0.25) is 0 Å². The summed E-state index contributed by atoms with van der Waals surface area (Å²) >= 11 is 0. The lowest BCUT2D eigenvalue weighted by Gasteiger charge is -2.32. The van der Waals surface area contributed by atoms with Gasteiger partial charge >= 0.3 is 5.97 Å². The van der Waals surface area contributed by atoms with Crippen molar-refractivity contribution in [1.82, 2.24) is 51.7 Å². The lowest BCUT2D eigenvalue weighted by atomic mass is 9.96. The fourth-order valence-corrected chi connectivity index (χ4v) is 8.00. The number of guanidine groups is 1. The summed E-state index contributed by atoms with van der Waals surface area (Å²) in [5.41, 5.74) is 12.6. The summed E-state index contributed by atoms with van der Waals surface area (Å²) in [5.74, 6) is -6.53. The highest BCUT2D eigenvalue weighted by Gasteiger charge is 2.41. The zero-order chi connectivity index (χ0) is 52.2. The molecular formula is C48H69N13O10. The fraction of sp³-hybridized carbons (Fsp3) is 0.500. The van der Waals surface area contributed by atoms with Gasteiger partial charge in [-0.15, -0.1) is 0 Å². The van der Waals surface area contributed by atoms with Gasteiger partial charge in [0.05, 0.1) is 12.9 Å². The quantitative estimate of drug-likeness (QED) is 0.0243. The Morgan fingerprint density at radius 3 is 2.13 bits per heavy atom. The molecule has 23 nitrogen and oxygen atoms in total. The van der Waals surface area contributed by atoms with Crippen LogP contribution in [0.5, 0.6) is 5.75 Å². The lowest BCUT2D eigenvalue weighted by molar-refractivity contribution is -0.145. The Kier molecular flexibility index (Phi) is 21.8. The van der Waals surface area contributed by atoms with Crippen molar-refractivity contribution in [3.63, 3.8) is 0 Å². The second-order valence-corrected chi connectivity index (χ2v) is 17.6. The standard InChI is InChI=1S/C48H69N13O10/c1-6-28(2)40(44(67)57-36(24-32-25-52-27-54-32)46(69)61-21-11-15-38(61)43(66)58-37(47(70)71)23-30-12-8-7-9-13-30)59-42(65)35(22-31-16-18-33(62)19-17-31)56-41(64)29(3)60(5)45(68)34(55-39(63)26-51-4)14-10-20-53-48(49)50/h7-9,12-13,16-19,25,27-29,34-38,40,51,62H,6,10-11,14-15,20-24,26H2,1-5H3,(H,52,54)(H,55,63)(H,56,64)(H,57,67)(H,58,66)(H,59,65)(H,70,71)(H4,49,50,53)/t28-,29-,34-,35-,36-,37-,38-,40-/m0/s1. The number of benzene rings is 2. The SMILES string of the molecule is CC[C@H](C)[C@H](NC(=O)[C@H](Cc1ccc(O)cc1)NC(=O)[C@H](C)N(C)C(=O)[C@H](CCCN=C(N)N)NC(=O)CNC)C(=O)N[C@@H](Cc1cnc[nH]1)C(=O)N1CCC[C@H]1C(=O)N[C@@H](Cc1ccccc1)C(=O)O. The van der Waals surface area contributed by atoms with Gasteiger partial charge in [0.1, 0.15) is 48.0 Å². The highest BCUT2D eigenvalue weighted by Crippen LogP contribution is 2.21.